The average molecular weight is 353 g/mol. The highest BCUT2D eigenvalue weighted by atomic mass is 32.2. The Kier molecular flexibility index (Phi) is 6.42. The maximum atomic E-state index is 12.2. The Hall–Kier alpha value is -2.29. The average Bonchev–Trinajstić information content (AvgIpc) is 2.61. The van der Waals surface area contributed by atoms with Crippen molar-refractivity contribution in [3.8, 4) is 17.2 Å². The van der Waals surface area contributed by atoms with E-state index in [9.17, 15) is 8.42 Å². The summed E-state index contributed by atoms with van der Waals surface area (Å²) in [7, 11) is -0.924. The molecule has 0 heterocycles. The zero-order chi connectivity index (χ0) is 17.4. The van der Waals surface area contributed by atoms with E-state index >= 15 is 0 Å². The van der Waals surface area contributed by atoms with E-state index in [0.717, 1.165) is 0 Å². The summed E-state index contributed by atoms with van der Waals surface area (Å²) in [5.41, 5.74) is 0. The highest BCUT2D eigenvalue weighted by Crippen LogP contribution is 2.29. The van der Waals surface area contributed by atoms with Gasteiger partial charge in [-0.25, -0.2) is 8.42 Å². The van der Waals surface area contributed by atoms with E-state index in [2.05, 4.69) is 0 Å². The predicted octanol–water partition coefficient (Wildman–Crippen LogP) is 1.99. The summed E-state index contributed by atoms with van der Waals surface area (Å²) >= 11 is 0. The van der Waals surface area contributed by atoms with Crippen molar-refractivity contribution in [3.63, 3.8) is 0 Å². The lowest BCUT2D eigenvalue weighted by atomic mass is 10.3. The van der Waals surface area contributed by atoms with Crippen LogP contribution in [0.4, 0.5) is 0 Å². The molecule has 2 aromatic rings. The Morgan fingerprint density at radius 1 is 0.917 bits per heavy atom. The van der Waals surface area contributed by atoms with E-state index in [1.54, 1.807) is 12.1 Å². The van der Waals surface area contributed by atoms with Crippen LogP contribution in [0.5, 0.6) is 17.2 Å². The smallest absolute Gasteiger partial charge is 0.262 e. The maximum absolute atomic E-state index is 12.2. The van der Waals surface area contributed by atoms with Gasteiger partial charge in [0.1, 0.15) is 19.0 Å². The molecule has 0 spiro atoms. The first-order valence-electron chi connectivity index (χ1n) is 7.10. The number of hydrogen-bond donors (Lipinski definition) is 1. The van der Waals surface area contributed by atoms with Crippen molar-refractivity contribution in [1.29, 1.82) is 0 Å². The predicted molar refractivity (Wildman–Crippen MR) is 87.8 cm³/mol. The fourth-order valence-corrected chi connectivity index (χ4v) is 2.71. The third kappa shape index (κ3) is 4.85. The second-order valence-electron chi connectivity index (χ2n) is 4.61. The van der Waals surface area contributed by atoms with Crippen molar-refractivity contribution >= 4 is 10.0 Å². The molecule has 8 heteroatoms. The third-order valence-corrected chi connectivity index (χ3v) is 4.24. The standard InChI is InChI=1S/C16H19NO6S/c1-20-15-9-8-14(12-16(15)21-2)24(18,19)17-23-11-10-22-13-6-4-3-5-7-13/h3-9,12,17H,10-11H2,1-2H3. The van der Waals surface area contributed by atoms with Crippen molar-refractivity contribution in [2.45, 2.75) is 4.90 Å². The molecule has 130 valence electrons. The minimum atomic E-state index is -3.83. The van der Waals surface area contributed by atoms with Crippen LogP contribution in [0, 0.1) is 0 Å². The van der Waals surface area contributed by atoms with Gasteiger partial charge in [0.25, 0.3) is 10.0 Å². The fourth-order valence-electron chi connectivity index (χ4n) is 1.87. The summed E-state index contributed by atoms with van der Waals surface area (Å²) < 4.78 is 39.9. The van der Waals surface area contributed by atoms with Crippen LogP contribution in [-0.4, -0.2) is 35.9 Å². The highest BCUT2D eigenvalue weighted by molar-refractivity contribution is 7.89. The molecule has 1 N–H and O–H groups in total. The van der Waals surface area contributed by atoms with E-state index in [-0.39, 0.29) is 18.1 Å². The van der Waals surface area contributed by atoms with E-state index in [0.29, 0.717) is 17.2 Å². The van der Waals surface area contributed by atoms with Crippen molar-refractivity contribution in [3.05, 3.63) is 48.5 Å². The van der Waals surface area contributed by atoms with E-state index < -0.39 is 10.0 Å². The molecular weight excluding hydrogens is 334 g/mol. The molecule has 0 aliphatic carbocycles. The lowest BCUT2D eigenvalue weighted by molar-refractivity contribution is 0.0665. The van der Waals surface area contributed by atoms with Crippen molar-refractivity contribution in [2.24, 2.45) is 0 Å². The summed E-state index contributed by atoms with van der Waals surface area (Å²) in [6, 6.07) is 13.4. The molecule has 0 fully saturated rings. The first-order valence-corrected chi connectivity index (χ1v) is 8.58. The Balaban J connectivity index is 1.87. The number of benzene rings is 2. The van der Waals surface area contributed by atoms with Gasteiger partial charge in [-0.05, 0) is 24.3 Å². The van der Waals surface area contributed by atoms with Crippen molar-refractivity contribution in [1.82, 2.24) is 4.89 Å². The van der Waals surface area contributed by atoms with E-state index in [1.807, 2.05) is 23.1 Å². The van der Waals surface area contributed by atoms with Crippen LogP contribution in [0.25, 0.3) is 0 Å². The molecule has 2 rings (SSSR count). The Labute approximate surface area is 141 Å². The Bertz CT molecular complexity index is 748. The Morgan fingerprint density at radius 3 is 2.29 bits per heavy atom. The summed E-state index contributed by atoms with van der Waals surface area (Å²) in [4.78, 5) is 7.02. The topological polar surface area (TPSA) is 83.1 Å². The summed E-state index contributed by atoms with van der Waals surface area (Å²) in [5, 5.41) is 0. The van der Waals surface area contributed by atoms with Gasteiger partial charge in [-0.2, -0.15) is 0 Å². The number of nitrogens with one attached hydrogen (secondary N) is 1. The molecule has 2 aromatic carbocycles. The zero-order valence-corrected chi connectivity index (χ0v) is 14.2. The largest absolute Gasteiger partial charge is 0.493 e. The van der Waals surface area contributed by atoms with Crippen LogP contribution in [0.3, 0.4) is 0 Å². The molecule has 0 saturated heterocycles. The number of rotatable bonds is 9. The van der Waals surface area contributed by atoms with Crippen LogP contribution in [-0.2, 0) is 14.9 Å². The Morgan fingerprint density at radius 2 is 1.62 bits per heavy atom. The molecule has 0 radical (unpaired) electrons. The van der Waals surface area contributed by atoms with Crippen LogP contribution >= 0.6 is 0 Å². The lowest BCUT2D eigenvalue weighted by Crippen LogP contribution is -2.26. The van der Waals surface area contributed by atoms with E-state index in [1.165, 1.54) is 32.4 Å². The molecule has 7 nitrogen and oxygen atoms in total. The monoisotopic (exact) mass is 353 g/mol. The van der Waals surface area contributed by atoms with Crippen LogP contribution in [0.1, 0.15) is 0 Å². The number of hydrogen-bond acceptors (Lipinski definition) is 6. The summed E-state index contributed by atoms with van der Waals surface area (Å²) in [6.45, 7) is 0.264. The van der Waals surface area contributed by atoms with Crippen LogP contribution in [0.15, 0.2) is 53.4 Å². The van der Waals surface area contributed by atoms with Gasteiger partial charge in [-0.1, -0.05) is 23.1 Å². The number of para-hydroxylation sites is 1. The van der Waals surface area contributed by atoms with Gasteiger partial charge in [-0.15, -0.1) is 0 Å². The molecule has 0 saturated carbocycles. The SMILES string of the molecule is COc1ccc(S(=O)(=O)NOCCOc2ccccc2)cc1OC. The summed E-state index contributed by atoms with van der Waals surface area (Å²) in [6.07, 6.45) is 0. The molecule has 24 heavy (non-hydrogen) atoms. The minimum Gasteiger partial charge on any atom is -0.493 e. The normalized spacial score (nSPS) is 11.1. The van der Waals surface area contributed by atoms with Gasteiger partial charge in [0.15, 0.2) is 11.5 Å². The lowest BCUT2D eigenvalue weighted by Gasteiger charge is -2.11. The van der Waals surface area contributed by atoms with Crippen molar-refractivity contribution in [2.75, 3.05) is 27.4 Å². The molecule has 0 unspecified atom stereocenters. The van der Waals surface area contributed by atoms with Crippen molar-refractivity contribution < 1.29 is 27.5 Å². The molecule has 0 aromatic heterocycles. The molecule has 0 amide bonds. The van der Waals surface area contributed by atoms with Crippen LogP contribution in [0.2, 0.25) is 0 Å². The van der Waals surface area contributed by atoms with Gasteiger partial charge in [0, 0.05) is 6.07 Å². The highest BCUT2D eigenvalue weighted by Gasteiger charge is 2.17. The molecular formula is C16H19NO6S. The van der Waals surface area contributed by atoms with Crippen LogP contribution < -0.4 is 19.1 Å². The number of methoxy groups -OCH3 is 2. The number of ether oxygens (including phenoxy) is 3. The third-order valence-electron chi connectivity index (χ3n) is 3.03. The van der Waals surface area contributed by atoms with Gasteiger partial charge < -0.3 is 14.2 Å². The molecule has 0 aliphatic heterocycles. The molecule has 0 atom stereocenters. The minimum absolute atomic E-state index is 0.00382. The first-order chi connectivity index (χ1) is 11.6. The van der Waals surface area contributed by atoms with Gasteiger partial charge >= 0.3 is 0 Å². The molecule has 0 aliphatic rings. The van der Waals surface area contributed by atoms with Gasteiger partial charge in [-0.3, -0.25) is 4.84 Å². The molecule has 0 bridgehead atoms. The zero-order valence-electron chi connectivity index (χ0n) is 13.4. The first kappa shape index (κ1) is 18.1. The fraction of sp³-hybridized carbons (Fsp3) is 0.250. The second-order valence-corrected chi connectivity index (χ2v) is 6.26. The van der Waals surface area contributed by atoms with Gasteiger partial charge in [0.2, 0.25) is 0 Å². The van der Waals surface area contributed by atoms with Gasteiger partial charge in [0.05, 0.1) is 19.1 Å². The second kappa shape index (κ2) is 8.53. The summed E-state index contributed by atoms with van der Waals surface area (Å²) in [5.74, 6) is 1.44. The maximum Gasteiger partial charge on any atom is 0.262 e. The van der Waals surface area contributed by atoms with E-state index in [4.69, 9.17) is 19.0 Å². The quantitative estimate of drug-likeness (QED) is 0.548. The number of sulfonamides is 1.